The summed E-state index contributed by atoms with van der Waals surface area (Å²) >= 11 is 1.74. The van der Waals surface area contributed by atoms with Gasteiger partial charge in [0.25, 0.3) is 0 Å². The van der Waals surface area contributed by atoms with E-state index in [1.165, 1.54) is 17.0 Å². The van der Waals surface area contributed by atoms with Crippen molar-refractivity contribution in [2.24, 2.45) is 5.73 Å². The molecular formula is C15H16FNS. The summed E-state index contributed by atoms with van der Waals surface area (Å²) in [6.07, 6.45) is 0. The molecule has 0 aromatic heterocycles. The molecule has 1 atom stereocenters. The SMILES string of the molecule is CC(N)c1ccc(SCc2ccc(F)cc2)cc1. The summed E-state index contributed by atoms with van der Waals surface area (Å²) in [7, 11) is 0. The molecule has 2 aromatic rings. The lowest BCUT2D eigenvalue weighted by atomic mass is 10.1. The van der Waals surface area contributed by atoms with Gasteiger partial charge in [0.15, 0.2) is 0 Å². The average molecular weight is 261 g/mol. The van der Waals surface area contributed by atoms with E-state index < -0.39 is 0 Å². The Labute approximate surface area is 111 Å². The number of hydrogen-bond acceptors (Lipinski definition) is 2. The normalized spacial score (nSPS) is 12.4. The topological polar surface area (TPSA) is 26.0 Å². The predicted octanol–water partition coefficient (Wildman–Crippen LogP) is 4.14. The third-order valence-corrected chi connectivity index (χ3v) is 3.81. The summed E-state index contributed by atoms with van der Waals surface area (Å²) in [4.78, 5) is 1.20. The van der Waals surface area contributed by atoms with E-state index in [2.05, 4.69) is 24.3 Å². The Morgan fingerprint density at radius 3 is 2.22 bits per heavy atom. The second-order valence-corrected chi connectivity index (χ2v) is 5.32. The molecule has 3 heteroatoms. The van der Waals surface area contributed by atoms with Gasteiger partial charge in [0.05, 0.1) is 0 Å². The van der Waals surface area contributed by atoms with E-state index in [1.807, 2.05) is 19.1 Å². The van der Waals surface area contributed by atoms with Crippen LogP contribution < -0.4 is 5.73 Å². The molecule has 2 aromatic carbocycles. The van der Waals surface area contributed by atoms with Gasteiger partial charge in [-0.1, -0.05) is 24.3 Å². The van der Waals surface area contributed by atoms with E-state index in [1.54, 1.807) is 11.8 Å². The molecule has 0 bridgehead atoms. The van der Waals surface area contributed by atoms with E-state index in [4.69, 9.17) is 5.73 Å². The molecule has 0 spiro atoms. The van der Waals surface area contributed by atoms with Gasteiger partial charge in [-0.15, -0.1) is 11.8 Å². The van der Waals surface area contributed by atoms with Crippen LogP contribution in [0.3, 0.4) is 0 Å². The van der Waals surface area contributed by atoms with Gasteiger partial charge >= 0.3 is 0 Å². The van der Waals surface area contributed by atoms with Crippen LogP contribution in [0.2, 0.25) is 0 Å². The van der Waals surface area contributed by atoms with Crippen LogP contribution in [0.25, 0.3) is 0 Å². The van der Waals surface area contributed by atoms with Gasteiger partial charge in [0.2, 0.25) is 0 Å². The molecule has 2 N–H and O–H groups in total. The molecular weight excluding hydrogens is 245 g/mol. The average Bonchev–Trinajstić information content (AvgIpc) is 2.38. The largest absolute Gasteiger partial charge is 0.324 e. The molecule has 0 saturated carbocycles. The first-order chi connectivity index (χ1) is 8.65. The minimum atomic E-state index is -0.190. The molecule has 0 amide bonds. The van der Waals surface area contributed by atoms with Crippen molar-refractivity contribution in [3.63, 3.8) is 0 Å². The molecule has 94 valence electrons. The fourth-order valence-electron chi connectivity index (χ4n) is 1.61. The van der Waals surface area contributed by atoms with E-state index in [9.17, 15) is 4.39 Å². The summed E-state index contributed by atoms with van der Waals surface area (Å²) in [6.45, 7) is 1.97. The molecule has 0 heterocycles. The van der Waals surface area contributed by atoms with Crippen LogP contribution >= 0.6 is 11.8 Å². The summed E-state index contributed by atoms with van der Waals surface area (Å²) in [5.74, 6) is 0.655. The minimum Gasteiger partial charge on any atom is -0.324 e. The molecule has 0 saturated heterocycles. The van der Waals surface area contributed by atoms with Gasteiger partial charge in [0, 0.05) is 16.7 Å². The van der Waals surface area contributed by atoms with E-state index in [0.717, 1.165) is 16.9 Å². The van der Waals surface area contributed by atoms with Gasteiger partial charge in [-0.25, -0.2) is 4.39 Å². The highest BCUT2D eigenvalue weighted by Gasteiger charge is 2.00. The first-order valence-corrected chi connectivity index (χ1v) is 6.86. The Kier molecular flexibility index (Phi) is 4.39. The van der Waals surface area contributed by atoms with Gasteiger partial charge < -0.3 is 5.73 Å². The summed E-state index contributed by atoms with van der Waals surface area (Å²) in [5, 5.41) is 0. The Hall–Kier alpha value is -1.32. The smallest absolute Gasteiger partial charge is 0.123 e. The van der Waals surface area contributed by atoms with Crippen molar-refractivity contribution in [3.05, 3.63) is 65.5 Å². The van der Waals surface area contributed by atoms with Gasteiger partial charge in [-0.3, -0.25) is 0 Å². The van der Waals surface area contributed by atoms with Crippen molar-refractivity contribution >= 4 is 11.8 Å². The highest BCUT2D eigenvalue weighted by Crippen LogP contribution is 2.24. The van der Waals surface area contributed by atoms with Crippen LogP contribution in [0, 0.1) is 5.82 Å². The molecule has 0 aliphatic heterocycles. The fourth-order valence-corrected chi connectivity index (χ4v) is 2.47. The predicted molar refractivity (Wildman–Crippen MR) is 75.0 cm³/mol. The molecule has 1 unspecified atom stereocenters. The Morgan fingerprint density at radius 2 is 1.67 bits per heavy atom. The number of rotatable bonds is 4. The molecule has 18 heavy (non-hydrogen) atoms. The van der Waals surface area contributed by atoms with Crippen LogP contribution in [0.1, 0.15) is 24.1 Å². The number of benzene rings is 2. The number of halogens is 1. The van der Waals surface area contributed by atoms with Crippen molar-refractivity contribution in [1.29, 1.82) is 0 Å². The van der Waals surface area contributed by atoms with Crippen molar-refractivity contribution in [3.8, 4) is 0 Å². The van der Waals surface area contributed by atoms with Crippen molar-refractivity contribution in [2.45, 2.75) is 23.6 Å². The van der Waals surface area contributed by atoms with Crippen LogP contribution in [0.15, 0.2) is 53.4 Å². The van der Waals surface area contributed by atoms with Crippen LogP contribution in [-0.2, 0) is 5.75 Å². The molecule has 0 aliphatic carbocycles. The van der Waals surface area contributed by atoms with Crippen molar-refractivity contribution < 1.29 is 4.39 Å². The monoisotopic (exact) mass is 261 g/mol. The number of nitrogens with two attached hydrogens (primary N) is 1. The lowest BCUT2D eigenvalue weighted by Crippen LogP contribution is -2.04. The molecule has 1 nitrogen and oxygen atoms in total. The second-order valence-electron chi connectivity index (χ2n) is 4.27. The van der Waals surface area contributed by atoms with Crippen molar-refractivity contribution in [2.75, 3.05) is 0 Å². The zero-order chi connectivity index (χ0) is 13.0. The fraction of sp³-hybridized carbons (Fsp3) is 0.200. The summed E-state index contributed by atoms with van der Waals surface area (Å²) < 4.78 is 12.8. The summed E-state index contributed by atoms with van der Waals surface area (Å²) in [6, 6.07) is 15.0. The molecule has 0 radical (unpaired) electrons. The first-order valence-electron chi connectivity index (χ1n) is 5.88. The maximum absolute atomic E-state index is 12.8. The maximum atomic E-state index is 12.8. The van der Waals surface area contributed by atoms with Crippen LogP contribution in [0.4, 0.5) is 4.39 Å². The van der Waals surface area contributed by atoms with Crippen LogP contribution in [-0.4, -0.2) is 0 Å². The first kappa shape index (κ1) is 13.1. The van der Waals surface area contributed by atoms with Crippen LogP contribution in [0.5, 0.6) is 0 Å². The lowest BCUT2D eigenvalue weighted by molar-refractivity contribution is 0.627. The van der Waals surface area contributed by atoms with E-state index in [0.29, 0.717) is 0 Å². The van der Waals surface area contributed by atoms with Gasteiger partial charge in [-0.05, 0) is 42.3 Å². The highest BCUT2D eigenvalue weighted by atomic mass is 32.2. The minimum absolute atomic E-state index is 0.0705. The Balaban J connectivity index is 1.95. The summed E-state index contributed by atoms with van der Waals surface area (Å²) in [5.41, 5.74) is 8.06. The Morgan fingerprint density at radius 1 is 1.06 bits per heavy atom. The third-order valence-electron chi connectivity index (χ3n) is 2.72. The molecule has 0 fully saturated rings. The van der Waals surface area contributed by atoms with Gasteiger partial charge in [-0.2, -0.15) is 0 Å². The van der Waals surface area contributed by atoms with E-state index in [-0.39, 0.29) is 11.9 Å². The van der Waals surface area contributed by atoms with E-state index >= 15 is 0 Å². The second kappa shape index (κ2) is 6.03. The third kappa shape index (κ3) is 3.59. The number of thioether (sulfide) groups is 1. The highest BCUT2D eigenvalue weighted by molar-refractivity contribution is 7.98. The Bertz CT molecular complexity index is 491. The van der Waals surface area contributed by atoms with Crippen molar-refractivity contribution in [1.82, 2.24) is 0 Å². The molecule has 0 aliphatic rings. The lowest BCUT2D eigenvalue weighted by Gasteiger charge is -2.07. The quantitative estimate of drug-likeness (QED) is 0.837. The number of hydrogen-bond donors (Lipinski definition) is 1. The standard InChI is InChI=1S/C15H16FNS/c1-11(17)13-4-8-15(9-5-13)18-10-12-2-6-14(16)7-3-12/h2-9,11H,10,17H2,1H3. The zero-order valence-corrected chi connectivity index (χ0v) is 11.1. The molecule has 2 rings (SSSR count). The zero-order valence-electron chi connectivity index (χ0n) is 10.3. The van der Waals surface area contributed by atoms with Gasteiger partial charge in [0.1, 0.15) is 5.82 Å². The maximum Gasteiger partial charge on any atom is 0.123 e.